The molecule has 0 bridgehead atoms. The fourth-order valence-electron chi connectivity index (χ4n) is 2.05. The Morgan fingerprint density at radius 1 is 1.56 bits per heavy atom. The van der Waals surface area contributed by atoms with Crippen LogP contribution in [0.3, 0.4) is 0 Å². The second kappa shape index (κ2) is 4.49. The van der Waals surface area contributed by atoms with Crippen molar-refractivity contribution in [3.8, 4) is 5.75 Å². The van der Waals surface area contributed by atoms with Gasteiger partial charge in [0.15, 0.2) is 0 Å². The Morgan fingerprint density at radius 2 is 2.38 bits per heavy atom. The zero-order valence-corrected chi connectivity index (χ0v) is 8.85. The summed E-state index contributed by atoms with van der Waals surface area (Å²) in [5.41, 5.74) is 0.680. The fraction of sp³-hybridized carbons (Fsp3) is 0.455. The molecule has 0 amide bonds. The highest BCUT2D eigenvalue weighted by Gasteiger charge is 2.18. The summed E-state index contributed by atoms with van der Waals surface area (Å²) in [6, 6.07) is 4.49. The molecule has 0 saturated carbocycles. The number of nitro groups is 1. The second-order valence-electron chi connectivity index (χ2n) is 4.07. The van der Waals surface area contributed by atoms with Crippen LogP contribution >= 0.6 is 0 Å². The van der Waals surface area contributed by atoms with E-state index in [0.29, 0.717) is 18.0 Å². The molecule has 2 rings (SSSR count). The highest BCUT2D eigenvalue weighted by Crippen LogP contribution is 2.25. The van der Waals surface area contributed by atoms with Gasteiger partial charge in [-0.1, -0.05) is 0 Å². The van der Waals surface area contributed by atoms with Gasteiger partial charge in [-0.25, -0.2) is 0 Å². The Morgan fingerprint density at radius 3 is 3.00 bits per heavy atom. The zero-order valence-electron chi connectivity index (χ0n) is 8.85. The first-order valence-electron chi connectivity index (χ1n) is 5.36. The third-order valence-electron chi connectivity index (χ3n) is 2.90. The first-order valence-corrected chi connectivity index (χ1v) is 5.36. The number of hydrogen-bond donors (Lipinski definition) is 2. The molecule has 0 spiro atoms. The molecular formula is C11H14N2O3. The quantitative estimate of drug-likeness (QED) is 0.601. The van der Waals surface area contributed by atoms with Gasteiger partial charge in [0, 0.05) is 23.7 Å². The number of nitrogens with one attached hydrogen (secondary N) is 1. The van der Waals surface area contributed by atoms with Crippen molar-refractivity contribution in [3.05, 3.63) is 33.9 Å². The number of phenols is 1. The lowest BCUT2D eigenvalue weighted by Gasteiger charge is -2.10. The molecule has 5 nitrogen and oxygen atoms in total. The number of rotatable bonds is 3. The van der Waals surface area contributed by atoms with Gasteiger partial charge >= 0.3 is 0 Å². The maximum Gasteiger partial charge on any atom is 0.269 e. The number of nitrogens with zero attached hydrogens (tertiary/aromatic N) is 1. The molecule has 0 aromatic heterocycles. The topological polar surface area (TPSA) is 75.4 Å². The van der Waals surface area contributed by atoms with Crippen molar-refractivity contribution in [1.29, 1.82) is 0 Å². The van der Waals surface area contributed by atoms with E-state index in [1.165, 1.54) is 18.2 Å². The predicted molar refractivity (Wildman–Crippen MR) is 59.5 cm³/mol. The van der Waals surface area contributed by atoms with E-state index in [9.17, 15) is 15.2 Å². The number of hydrogen-bond acceptors (Lipinski definition) is 4. The molecule has 5 heteroatoms. The van der Waals surface area contributed by atoms with Crippen LogP contribution in [0, 0.1) is 10.1 Å². The summed E-state index contributed by atoms with van der Waals surface area (Å²) >= 11 is 0. The molecule has 1 atom stereocenters. The van der Waals surface area contributed by atoms with Gasteiger partial charge in [-0.2, -0.15) is 0 Å². The normalized spacial score (nSPS) is 19.9. The van der Waals surface area contributed by atoms with Crippen molar-refractivity contribution < 1.29 is 10.0 Å². The Hall–Kier alpha value is -1.62. The monoisotopic (exact) mass is 222 g/mol. The van der Waals surface area contributed by atoms with Crippen LogP contribution < -0.4 is 5.32 Å². The number of non-ortho nitro benzene ring substituents is 1. The van der Waals surface area contributed by atoms with E-state index in [1.54, 1.807) is 0 Å². The van der Waals surface area contributed by atoms with Crippen molar-refractivity contribution in [2.45, 2.75) is 25.3 Å². The van der Waals surface area contributed by atoms with Crippen LogP contribution in [0.1, 0.15) is 18.4 Å². The molecule has 1 aromatic carbocycles. The molecule has 1 heterocycles. The molecule has 86 valence electrons. The molecule has 1 saturated heterocycles. The molecule has 16 heavy (non-hydrogen) atoms. The first kappa shape index (κ1) is 10.9. The number of aromatic hydroxyl groups is 1. The maximum atomic E-state index is 10.6. The minimum Gasteiger partial charge on any atom is -0.508 e. The third-order valence-corrected chi connectivity index (χ3v) is 2.90. The molecule has 1 unspecified atom stereocenters. The van der Waals surface area contributed by atoms with E-state index in [2.05, 4.69) is 5.32 Å². The third kappa shape index (κ3) is 2.30. The SMILES string of the molecule is O=[N+]([O-])c1ccc(O)c(CC2CCCN2)c1. The van der Waals surface area contributed by atoms with Crippen LogP contribution in [0.15, 0.2) is 18.2 Å². The second-order valence-corrected chi connectivity index (χ2v) is 4.07. The summed E-state index contributed by atoms with van der Waals surface area (Å²) in [6.07, 6.45) is 2.83. The van der Waals surface area contributed by atoms with E-state index >= 15 is 0 Å². The van der Waals surface area contributed by atoms with Gasteiger partial charge in [-0.3, -0.25) is 10.1 Å². The Balaban J connectivity index is 2.17. The smallest absolute Gasteiger partial charge is 0.269 e. The lowest BCUT2D eigenvalue weighted by atomic mass is 10.0. The highest BCUT2D eigenvalue weighted by molar-refractivity contribution is 5.43. The molecule has 0 aliphatic carbocycles. The van der Waals surface area contributed by atoms with Crippen molar-refractivity contribution >= 4 is 5.69 Å². The largest absolute Gasteiger partial charge is 0.508 e. The molecule has 1 aliphatic heterocycles. The van der Waals surface area contributed by atoms with Crippen molar-refractivity contribution in [2.24, 2.45) is 0 Å². The molecule has 2 N–H and O–H groups in total. The molecule has 0 radical (unpaired) electrons. The van der Waals surface area contributed by atoms with Gasteiger partial charge in [-0.05, 0) is 31.9 Å². The van der Waals surface area contributed by atoms with Crippen LogP contribution in [0.2, 0.25) is 0 Å². The van der Waals surface area contributed by atoms with Gasteiger partial charge in [0.2, 0.25) is 0 Å². The fourth-order valence-corrected chi connectivity index (χ4v) is 2.05. The van der Waals surface area contributed by atoms with Crippen molar-refractivity contribution in [3.63, 3.8) is 0 Å². The number of nitro benzene ring substituents is 1. The van der Waals surface area contributed by atoms with Crippen LogP contribution in [-0.2, 0) is 6.42 Å². The first-order chi connectivity index (χ1) is 7.66. The van der Waals surface area contributed by atoms with Gasteiger partial charge < -0.3 is 10.4 Å². The maximum absolute atomic E-state index is 10.6. The van der Waals surface area contributed by atoms with Gasteiger partial charge in [0.05, 0.1) is 4.92 Å². The van der Waals surface area contributed by atoms with Crippen molar-refractivity contribution in [2.75, 3.05) is 6.54 Å². The van der Waals surface area contributed by atoms with E-state index in [1.807, 2.05) is 0 Å². The summed E-state index contributed by atoms with van der Waals surface area (Å²) < 4.78 is 0. The van der Waals surface area contributed by atoms with Crippen LogP contribution in [0.4, 0.5) is 5.69 Å². The molecule has 1 fully saturated rings. The zero-order chi connectivity index (χ0) is 11.5. The van der Waals surface area contributed by atoms with Gasteiger partial charge in [0.1, 0.15) is 5.75 Å². The summed E-state index contributed by atoms with van der Waals surface area (Å²) in [7, 11) is 0. The van der Waals surface area contributed by atoms with Crippen LogP contribution in [0.5, 0.6) is 5.75 Å². The predicted octanol–water partition coefficient (Wildman–Crippen LogP) is 1.59. The van der Waals surface area contributed by atoms with E-state index in [-0.39, 0.29) is 11.4 Å². The Labute approximate surface area is 93.2 Å². The van der Waals surface area contributed by atoms with Crippen molar-refractivity contribution in [1.82, 2.24) is 5.32 Å². The lowest BCUT2D eigenvalue weighted by Crippen LogP contribution is -2.23. The average Bonchev–Trinajstić information content (AvgIpc) is 2.73. The number of phenolic OH excluding ortho intramolecular Hbond substituents is 1. The minimum atomic E-state index is -0.439. The highest BCUT2D eigenvalue weighted by atomic mass is 16.6. The summed E-state index contributed by atoms with van der Waals surface area (Å²) in [6.45, 7) is 0.986. The van der Waals surface area contributed by atoms with Crippen LogP contribution in [-0.4, -0.2) is 22.6 Å². The summed E-state index contributed by atoms with van der Waals surface area (Å²) in [4.78, 5) is 10.2. The Kier molecular flexibility index (Phi) is 3.05. The molecular weight excluding hydrogens is 208 g/mol. The van der Waals surface area contributed by atoms with E-state index in [4.69, 9.17) is 0 Å². The number of benzene rings is 1. The van der Waals surface area contributed by atoms with Gasteiger partial charge in [-0.15, -0.1) is 0 Å². The van der Waals surface area contributed by atoms with Gasteiger partial charge in [0.25, 0.3) is 5.69 Å². The average molecular weight is 222 g/mol. The lowest BCUT2D eigenvalue weighted by molar-refractivity contribution is -0.384. The summed E-state index contributed by atoms with van der Waals surface area (Å²) in [5, 5.41) is 23.5. The van der Waals surface area contributed by atoms with Crippen LogP contribution in [0.25, 0.3) is 0 Å². The summed E-state index contributed by atoms with van der Waals surface area (Å²) in [5.74, 6) is 0.138. The Bertz CT molecular complexity index is 400. The van der Waals surface area contributed by atoms with E-state index in [0.717, 1.165) is 19.4 Å². The van der Waals surface area contributed by atoms with E-state index < -0.39 is 4.92 Å². The molecule has 1 aliphatic rings. The molecule has 1 aromatic rings. The minimum absolute atomic E-state index is 0.0331. The standard InChI is InChI=1S/C11H14N2O3/c14-11-4-3-10(13(15)16)7-8(11)6-9-2-1-5-12-9/h3-4,7,9,12,14H,1-2,5-6H2.